The number of anilines is 1. The maximum Gasteiger partial charge on any atom is 0.343 e. The molecule has 2 N–H and O–H groups in total. The fourth-order valence-electron chi connectivity index (χ4n) is 5.55. The van der Waals surface area contributed by atoms with Crippen LogP contribution in [-0.4, -0.2) is 64.4 Å². The topological polar surface area (TPSA) is 101 Å². The van der Waals surface area contributed by atoms with E-state index in [0.29, 0.717) is 15.9 Å². The number of nitrogens with one attached hydrogen (secondary N) is 1. The number of carbonyl (C=O) groups excluding carboxylic acids is 2. The van der Waals surface area contributed by atoms with Gasteiger partial charge in [0.1, 0.15) is 12.6 Å². The van der Waals surface area contributed by atoms with Crippen molar-refractivity contribution in [2.24, 2.45) is 5.92 Å². The van der Waals surface area contributed by atoms with E-state index in [1.165, 1.54) is 0 Å². The maximum absolute atomic E-state index is 13.4. The van der Waals surface area contributed by atoms with Crippen molar-refractivity contribution in [1.82, 2.24) is 10.2 Å². The Kier molecular flexibility index (Phi) is 7.58. The summed E-state index contributed by atoms with van der Waals surface area (Å²) in [7, 11) is 2.02. The predicted octanol–water partition coefficient (Wildman–Crippen LogP) is 3.04. The number of amides is 1. The van der Waals surface area contributed by atoms with Crippen LogP contribution in [-0.2, 0) is 19.9 Å². The number of quaternary nitrogens is 1. The van der Waals surface area contributed by atoms with Crippen LogP contribution >= 0.6 is 0 Å². The number of aromatic nitrogens is 2. The predicted molar refractivity (Wildman–Crippen MR) is 127 cm³/mol. The van der Waals surface area contributed by atoms with Crippen molar-refractivity contribution in [3.8, 4) is 0 Å². The monoisotopic (exact) mass is 467 g/mol. The molecule has 1 aromatic heterocycles. The van der Waals surface area contributed by atoms with Crippen LogP contribution in [0.1, 0.15) is 50.5 Å². The maximum atomic E-state index is 13.4. The molecule has 1 aliphatic heterocycles. The lowest BCUT2D eigenvalue weighted by Gasteiger charge is -2.38. The van der Waals surface area contributed by atoms with Gasteiger partial charge in [-0.05, 0) is 30.5 Å². The summed E-state index contributed by atoms with van der Waals surface area (Å²) in [5.41, 5.74) is -1.05. The van der Waals surface area contributed by atoms with Crippen molar-refractivity contribution in [2.75, 3.05) is 32.1 Å². The molecule has 182 valence electrons. The molecule has 0 radical (unpaired) electrons. The number of esters is 1. The zero-order valence-electron chi connectivity index (χ0n) is 19.9. The lowest BCUT2D eigenvalue weighted by molar-refractivity contribution is -0.913. The Hall–Kier alpha value is -2.84. The molecule has 1 aromatic carbocycles. The van der Waals surface area contributed by atoms with E-state index in [1.807, 2.05) is 37.4 Å². The molecule has 1 aliphatic carbocycles. The number of aliphatic hydroxyl groups is 1. The molecule has 0 spiro atoms. The average Bonchev–Trinajstić information content (AvgIpc) is 3.23. The van der Waals surface area contributed by atoms with Crippen molar-refractivity contribution in [3.05, 3.63) is 54.2 Å². The molecular weight excluding hydrogens is 432 g/mol. The Morgan fingerprint density at radius 1 is 1.09 bits per heavy atom. The van der Waals surface area contributed by atoms with Crippen molar-refractivity contribution < 1.29 is 23.9 Å². The molecule has 1 saturated carbocycles. The number of carbonyl (C=O) groups is 2. The number of nitrogens with zero attached hydrogens (tertiary/aromatic N) is 3. The van der Waals surface area contributed by atoms with E-state index in [0.717, 1.165) is 51.5 Å². The quantitative estimate of drug-likeness (QED) is 0.457. The Balaban J connectivity index is 1.43. The molecule has 8 nitrogen and oxygen atoms in total. The molecule has 4 rings (SSSR count). The largest absolute Gasteiger partial charge is 0.457 e. The number of rotatable bonds is 8. The van der Waals surface area contributed by atoms with Gasteiger partial charge in [0.2, 0.25) is 0 Å². The Labute approximate surface area is 200 Å². The molecule has 2 aliphatic rings. The highest BCUT2D eigenvalue weighted by Crippen LogP contribution is 2.40. The molecule has 1 saturated heterocycles. The third kappa shape index (κ3) is 5.28. The van der Waals surface area contributed by atoms with Crippen LogP contribution < -0.4 is 5.32 Å². The lowest BCUT2D eigenvalue weighted by atomic mass is 9.73. The minimum Gasteiger partial charge on any atom is -0.457 e. The summed E-state index contributed by atoms with van der Waals surface area (Å²) in [6, 6.07) is 12.6. The van der Waals surface area contributed by atoms with Crippen molar-refractivity contribution in [1.29, 1.82) is 0 Å². The Bertz CT molecular complexity index is 967. The molecular formula is C26H35N4O4+. The first-order valence-electron chi connectivity index (χ1n) is 12.3. The van der Waals surface area contributed by atoms with E-state index in [1.54, 1.807) is 18.3 Å². The first-order chi connectivity index (χ1) is 16.4. The molecule has 8 heteroatoms. The zero-order valence-corrected chi connectivity index (χ0v) is 19.9. The van der Waals surface area contributed by atoms with E-state index in [2.05, 4.69) is 15.5 Å². The standard InChI is InChI=1S/C26H34N4O4/c1-30(18-24(31)28-23-15-8-16-27-29-23)17-9-14-22(30)19-34-25(32)26(33,20-10-4-2-5-11-20)21-12-6-3-7-13-21/h2,4-5,8,10-11,15-16,21-22,33H,3,6-7,9,12-14,17-19H2,1H3/p+1/t22?,26-,30?/m0/s1. The minimum atomic E-state index is -1.65. The SMILES string of the molecule is C[N+]1(CC(=O)Nc2cccnn2)CCCC1COC(=O)[C@](O)(c1ccccc1)C1CCCCC1. The number of likely N-dealkylation sites (N-methyl/N-ethyl adjacent to an activating group) is 1. The molecule has 34 heavy (non-hydrogen) atoms. The summed E-state index contributed by atoms with van der Waals surface area (Å²) in [5, 5.41) is 22.2. The number of benzene rings is 1. The number of ether oxygens (including phenoxy) is 1. The van der Waals surface area contributed by atoms with Gasteiger partial charge in [-0.1, -0.05) is 49.6 Å². The van der Waals surface area contributed by atoms with Gasteiger partial charge in [0.25, 0.3) is 5.91 Å². The summed E-state index contributed by atoms with van der Waals surface area (Å²) in [4.78, 5) is 26.1. The summed E-state index contributed by atoms with van der Waals surface area (Å²) in [6.07, 6.45) is 8.11. The first kappa shape index (κ1) is 24.3. The van der Waals surface area contributed by atoms with Gasteiger partial charge in [0.15, 0.2) is 18.0 Å². The summed E-state index contributed by atoms with van der Waals surface area (Å²) >= 11 is 0. The second-order valence-corrected chi connectivity index (χ2v) is 9.88. The van der Waals surface area contributed by atoms with Crippen LogP contribution in [0.2, 0.25) is 0 Å². The number of hydrogen-bond acceptors (Lipinski definition) is 6. The summed E-state index contributed by atoms with van der Waals surface area (Å²) in [6.45, 7) is 1.25. The van der Waals surface area contributed by atoms with E-state index in [4.69, 9.17) is 4.74 Å². The second kappa shape index (κ2) is 10.6. The van der Waals surface area contributed by atoms with Gasteiger partial charge in [-0.25, -0.2) is 4.79 Å². The first-order valence-corrected chi connectivity index (χ1v) is 12.3. The smallest absolute Gasteiger partial charge is 0.343 e. The molecule has 2 aromatic rings. The van der Waals surface area contributed by atoms with Gasteiger partial charge in [-0.15, -0.1) is 5.10 Å². The highest BCUT2D eigenvalue weighted by atomic mass is 16.6. The van der Waals surface area contributed by atoms with Crippen LogP contribution in [0, 0.1) is 5.92 Å². The van der Waals surface area contributed by atoms with Crippen LogP contribution in [0.4, 0.5) is 5.82 Å². The van der Waals surface area contributed by atoms with Crippen molar-refractivity contribution >= 4 is 17.7 Å². The zero-order chi connectivity index (χ0) is 24.0. The second-order valence-electron chi connectivity index (χ2n) is 9.88. The molecule has 2 unspecified atom stereocenters. The number of likely N-dealkylation sites (tertiary alicyclic amines) is 1. The summed E-state index contributed by atoms with van der Waals surface area (Å²) < 4.78 is 6.31. The molecule has 2 heterocycles. The van der Waals surface area contributed by atoms with Gasteiger partial charge in [-0.3, -0.25) is 4.79 Å². The summed E-state index contributed by atoms with van der Waals surface area (Å²) in [5.74, 6) is -0.461. The van der Waals surface area contributed by atoms with Crippen molar-refractivity contribution in [2.45, 2.75) is 56.6 Å². The van der Waals surface area contributed by atoms with Gasteiger partial charge >= 0.3 is 5.97 Å². The van der Waals surface area contributed by atoms with E-state index < -0.39 is 11.6 Å². The van der Waals surface area contributed by atoms with Crippen LogP contribution in [0.25, 0.3) is 0 Å². The fourth-order valence-corrected chi connectivity index (χ4v) is 5.55. The van der Waals surface area contributed by atoms with E-state index >= 15 is 0 Å². The van der Waals surface area contributed by atoms with Gasteiger partial charge < -0.3 is 19.6 Å². The molecule has 3 atom stereocenters. The third-order valence-corrected chi connectivity index (χ3v) is 7.56. The van der Waals surface area contributed by atoms with Gasteiger partial charge in [0.05, 0.1) is 13.6 Å². The molecule has 1 amide bonds. The van der Waals surface area contributed by atoms with Gasteiger partial charge in [0, 0.05) is 25.0 Å². The van der Waals surface area contributed by atoms with Crippen molar-refractivity contribution in [3.63, 3.8) is 0 Å². The molecule has 2 fully saturated rings. The average molecular weight is 468 g/mol. The lowest BCUT2D eigenvalue weighted by Crippen LogP contribution is -2.54. The van der Waals surface area contributed by atoms with E-state index in [9.17, 15) is 14.7 Å². The van der Waals surface area contributed by atoms with Crippen LogP contribution in [0.5, 0.6) is 0 Å². The van der Waals surface area contributed by atoms with E-state index in [-0.39, 0.29) is 31.0 Å². The van der Waals surface area contributed by atoms with Crippen LogP contribution in [0.15, 0.2) is 48.7 Å². The van der Waals surface area contributed by atoms with Gasteiger partial charge in [-0.2, -0.15) is 5.10 Å². The van der Waals surface area contributed by atoms with Crippen LogP contribution in [0.3, 0.4) is 0 Å². The Morgan fingerprint density at radius 3 is 2.56 bits per heavy atom. The molecule has 0 bridgehead atoms. The third-order valence-electron chi connectivity index (χ3n) is 7.56. The highest BCUT2D eigenvalue weighted by Gasteiger charge is 2.48. The fraction of sp³-hybridized carbons (Fsp3) is 0.538. The minimum absolute atomic E-state index is 0.0112. The highest BCUT2D eigenvalue weighted by molar-refractivity contribution is 5.90. The Morgan fingerprint density at radius 2 is 1.85 bits per heavy atom. The number of hydrogen-bond donors (Lipinski definition) is 2. The normalized spacial score (nSPS) is 24.8.